The third-order valence-electron chi connectivity index (χ3n) is 8.74. The summed E-state index contributed by atoms with van der Waals surface area (Å²) in [5.74, 6) is -1.29. The molecule has 2 fully saturated rings. The van der Waals surface area contributed by atoms with E-state index in [2.05, 4.69) is 76.2 Å². The van der Waals surface area contributed by atoms with Crippen molar-refractivity contribution in [2.24, 2.45) is 0 Å². The normalized spacial score (nSPS) is 21.4. The van der Waals surface area contributed by atoms with Crippen LogP contribution in [0.1, 0.15) is 125 Å². The molecule has 0 unspecified atom stereocenters. The van der Waals surface area contributed by atoms with Crippen molar-refractivity contribution in [3.63, 3.8) is 0 Å². The number of carboxylic acid groups (broad SMARTS) is 2. The van der Waals surface area contributed by atoms with Crippen LogP contribution in [0.25, 0.3) is 22.9 Å². The topological polar surface area (TPSA) is 138 Å². The van der Waals surface area contributed by atoms with Crippen LogP contribution in [0.4, 0.5) is 0 Å². The maximum absolute atomic E-state index is 12.2. The first-order valence-electron chi connectivity index (χ1n) is 15.0. The Hall–Kier alpha value is -3.56. The quantitative estimate of drug-likeness (QED) is 0.244. The lowest BCUT2D eigenvalue weighted by Crippen LogP contribution is -2.57. The Morgan fingerprint density at radius 1 is 0.651 bits per heavy atom. The molecule has 2 aromatic carbocycles. The van der Waals surface area contributed by atoms with Crippen LogP contribution >= 0.6 is 0 Å². The summed E-state index contributed by atoms with van der Waals surface area (Å²) < 4.78 is 6.16. The van der Waals surface area contributed by atoms with E-state index in [1.165, 1.54) is 0 Å². The van der Waals surface area contributed by atoms with E-state index < -0.39 is 11.9 Å². The molecule has 0 spiro atoms. The van der Waals surface area contributed by atoms with E-state index in [0.717, 1.165) is 36.8 Å². The zero-order chi connectivity index (χ0) is 31.5. The fraction of sp³-hybridized carbons (Fsp3) is 0.529. The first kappa shape index (κ1) is 30.9. The summed E-state index contributed by atoms with van der Waals surface area (Å²) in [6.45, 7) is 17.2. The molecule has 4 N–H and O–H groups in total. The van der Waals surface area contributed by atoms with E-state index in [1.54, 1.807) is 24.3 Å². The monoisotopic (exact) mass is 588 g/mol. The summed E-state index contributed by atoms with van der Waals surface area (Å²) in [5.41, 5.74) is 2.75. The molecule has 2 saturated heterocycles. The van der Waals surface area contributed by atoms with Crippen LogP contribution in [0.2, 0.25) is 0 Å². The fourth-order valence-corrected chi connectivity index (χ4v) is 8.00. The fourth-order valence-electron chi connectivity index (χ4n) is 8.00. The van der Waals surface area contributed by atoms with Gasteiger partial charge in [0.05, 0.1) is 11.1 Å². The predicted molar refractivity (Wildman–Crippen MR) is 166 cm³/mol. The number of carboxylic acids is 2. The molecular weight excluding hydrogens is 544 g/mol. The second-order valence-corrected chi connectivity index (χ2v) is 15.1. The molecule has 0 atom stereocenters. The van der Waals surface area contributed by atoms with Gasteiger partial charge in [0.25, 0.3) is 0 Å². The number of benzene rings is 2. The van der Waals surface area contributed by atoms with Crippen molar-refractivity contribution < 1.29 is 24.2 Å². The second-order valence-electron chi connectivity index (χ2n) is 15.1. The van der Waals surface area contributed by atoms with Crippen molar-refractivity contribution in [2.75, 3.05) is 0 Å². The van der Waals surface area contributed by atoms with E-state index in [1.807, 2.05) is 12.1 Å². The Bertz CT molecular complexity index is 1420. The van der Waals surface area contributed by atoms with E-state index in [4.69, 9.17) is 4.42 Å². The molecule has 0 radical (unpaired) electrons. The highest BCUT2D eigenvalue weighted by Gasteiger charge is 2.41. The molecule has 0 aliphatic carbocycles. The Balaban J connectivity index is 1.52. The van der Waals surface area contributed by atoms with E-state index in [0.29, 0.717) is 11.1 Å². The second kappa shape index (κ2) is 10.6. The van der Waals surface area contributed by atoms with Gasteiger partial charge in [0.1, 0.15) is 0 Å². The van der Waals surface area contributed by atoms with Crippen molar-refractivity contribution in [3.8, 4) is 22.9 Å². The minimum absolute atomic E-state index is 0.0318. The highest BCUT2D eigenvalue weighted by molar-refractivity contribution is 5.91. The number of nitrogens with one attached hydrogen (secondary N) is 2. The molecule has 0 amide bonds. The summed E-state index contributed by atoms with van der Waals surface area (Å²) >= 11 is 0. The van der Waals surface area contributed by atoms with Crippen molar-refractivity contribution in [1.29, 1.82) is 0 Å². The van der Waals surface area contributed by atoms with Gasteiger partial charge in [-0.05, 0) is 140 Å². The van der Waals surface area contributed by atoms with Crippen molar-refractivity contribution in [2.45, 2.75) is 115 Å². The summed E-state index contributed by atoms with van der Waals surface area (Å²) in [7, 11) is 0. The van der Waals surface area contributed by atoms with Crippen LogP contribution in [0, 0.1) is 0 Å². The molecule has 0 bridgehead atoms. The SMILES string of the molecule is CC1(C)CC(c2cc(-c3nnc(-c4ccc(C(=O)O)c(C5CC(C)(C)NC(C)(C)C5)c4)o3)ccc2C(=O)O)CC(C)(C)N1. The minimum atomic E-state index is -0.961. The predicted octanol–water partition coefficient (Wildman–Crippen LogP) is 6.85. The summed E-state index contributed by atoms with van der Waals surface area (Å²) in [5, 5.41) is 36.0. The molecule has 9 nitrogen and oxygen atoms in total. The first-order chi connectivity index (χ1) is 19.8. The Kier molecular flexibility index (Phi) is 7.58. The number of aromatic nitrogens is 2. The number of piperidine rings is 2. The van der Waals surface area contributed by atoms with Gasteiger partial charge in [0.15, 0.2) is 0 Å². The van der Waals surface area contributed by atoms with Gasteiger partial charge in [0.2, 0.25) is 11.8 Å². The van der Waals surface area contributed by atoms with Crippen LogP contribution in [0.15, 0.2) is 40.8 Å². The van der Waals surface area contributed by atoms with Gasteiger partial charge in [-0.2, -0.15) is 0 Å². The van der Waals surface area contributed by atoms with Crippen molar-refractivity contribution in [3.05, 3.63) is 58.7 Å². The highest BCUT2D eigenvalue weighted by Crippen LogP contribution is 2.43. The maximum atomic E-state index is 12.2. The molecule has 1 aromatic heterocycles. The van der Waals surface area contributed by atoms with Crippen LogP contribution in [-0.2, 0) is 0 Å². The minimum Gasteiger partial charge on any atom is -0.478 e. The molecule has 3 aromatic rings. The van der Waals surface area contributed by atoms with Gasteiger partial charge in [0, 0.05) is 33.3 Å². The van der Waals surface area contributed by atoms with Gasteiger partial charge in [-0.25, -0.2) is 9.59 Å². The largest absolute Gasteiger partial charge is 0.478 e. The number of nitrogens with zero attached hydrogens (tertiary/aromatic N) is 2. The van der Waals surface area contributed by atoms with Crippen LogP contribution in [0.3, 0.4) is 0 Å². The van der Waals surface area contributed by atoms with E-state index in [-0.39, 0.29) is 56.9 Å². The van der Waals surface area contributed by atoms with Crippen molar-refractivity contribution in [1.82, 2.24) is 20.8 Å². The van der Waals surface area contributed by atoms with Gasteiger partial charge in [-0.1, -0.05) is 0 Å². The molecule has 2 aliphatic heterocycles. The third-order valence-corrected chi connectivity index (χ3v) is 8.74. The summed E-state index contributed by atoms with van der Waals surface area (Å²) in [4.78, 5) is 24.5. The van der Waals surface area contributed by atoms with Gasteiger partial charge >= 0.3 is 11.9 Å². The Morgan fingerprint density at radius 3 is 1.28 bits per heavy atom. The van der Waals surface area contributed by atoms with Crippen LogP contribution < -0.4 is 10.6 Å². The average molecular weight is 589 g/mol. The highest BCUT2D eigenvalue weighted by atomic mass is 16.4. The van der Waals surface area contributed by atoms with Crippen LogP contribution in [-0.4, -0.2) is 54.5 Å². The third kappa shape index (κ3) is 6.68. The Morgan fingerprint density at radius 2 is 0.977 bits per heavy atom. The zero-order valence-corrected chi connectivity index (χ0v) is 26.5. The lowest BCUT2D eigenvalue weighted by molar-refractivity contribution is 0.0682. The molecule has 3 heterocycles. The van der Waals surface area contributed by atoms with Gasteiger partial charge in [-0.3, -0.25) is 0 Å². The van der Waals surface area contributed by atoms with Crippen LogP contribution in [0.5, 0.6) is 0 Å². The van der Waals surface area contributed by atoms with Gasteiger partial charge in [-0.15, -0.1) is 10.2 Å². The number of hydrogen-bond acceptors (Lipinski definition) is 7. The average Bonchev–Trinajstić information content (AvgIpc) is 3.34. The smallest absolute Gasteiger partial charge is 0.335 e. The number of carbonyl (C=O) groups is 2. The molecule has 0 saturated carbocycles. The Labute approximate surface area is 253 Å². The molecule has 5 rings (SSSR count). The maximum Gasteiger partial charge on any atom is 0.335 e. The standard InChI is InChI=1S/C34H44N4O5/c1-31(2)15-21(16-32(3,4)37-31)25-13-19(9-11-23(25)29(39)40)27-35-36-28(43-27)20-10-12-24(30(41)42)26(14-20)22-17-33(5,6)38-34(7,8)18-22/h9-14,21-22,37-38H,15-18H2,1-8H3,(H,39,40)(H,41,42). The molecule has 2 aliphatic rings. The molecule has 230 valence electrons. The summed E-state index contributed by atoms with van der Waals surface area (Å²) in [6.07, 6.45) is 3.16. The molecule has 43 heavy (non-hydrogen) atoms. The van der Waals surface area contributed by atoms with Crippen molar-refractivity contribution >= 4 is 11.9 Å². The molecule has 9 heteroatoms. The summed E-state index contributed by atoms with van der Waals surface area (Å²) in [6, 6.07) is 10.4. The number of rotatable bonds is 6. The first-order valence-corrected chi connectivity index (χ1v) is 15.0. The van der Waals surface area contributed by atoms with E-state index >= 15 is 0 Å². The number of hydrogen-bond donors (Lipinski definition) is 4. The van der Waals surface area contributed by atoms with E-state index in [9.17, 15) is 19.8 Å². The lowest BCUT2D eigenvalue weighted by atomic mass is 9.72. The lowest BCUT2D eigenvalue weighted by Gasteiger charge is -2.47. The number of aromatic carboxylic acids is 2. The zero-order valence-electron chi connectivity index (χ0n) is 26.5. The molecular formula is C34H44N4O5. The van der Waals surface area contributed by atoms with Gasteiger partial charge < -0.3 is 25.3 Å².